The van der Waals surface area contributed by atoms with E-state index in [1.807, 2.05) is 19.1 Å². The second-order valence-corrected chi connectivity index (χ2v) is 4.78. The zero-order chi connectivity index (χ0) is 13.8. The van der Waals surface area contributed by atoms with Gasteiger partial charge in [-0.05, 0) is 25.0 Å². The maximum Gasteiger partial charge on any atom is 0.338 e. The van der Waals surface area contributed by atoms with Gasteiger partial charge in [-0.3, -0.25) is 4.90 Å². The normalized spacial score (nSPS) is 19.9. The fraction of sp³-hybridized carbons (Fsp3) is 0.500. The molecule has 1 aliphatic heterocycles. The number of aryl methyl sites for hydroxylation is 1. The molecule has 0 radical (unpaired) electrons. The van der Waals surface area contributed by atoms with Crippen molar-refractivity contribution in [2.45, 2.75) is 25.9 Å². The molecule has 19 heavy (non-hydrogen) atoms. The fourth-order valence-electron chi connectivity index (χ4n) is 2.27. The number of esters is 1. The lowest BCUT2D eigenvalue weighted by atomic mass is 10.1. The standard InChI is InChI=1S/C14H17F2NO2/c1-10-4-2-3-5-12(10)14(18)19-11-6-7-17(8-11)9-13(15)16/h2-5,11,13H,6-9H2,1H3/t11-/m0/s1. The molecule has 3 nitrogen and oxygen atoms in total. The van der Waals surface area contributed by atoms with E-state index in [9.17, 15) is 13.6 Å². The van der Waals surface area contributed by atoms with Gasteiger partial charge in [0.1, 0.15) is 6.10 Å². The minimum atomic E-state index is -2.34. The van der Waals surface area contributed by atoms with Gasteiger partial charge in [-0.2, -0.15) is 0 Å². The summed E-state index contributed by atoms with van der Waals surface area (Å²) in [6.07, 6.45) is -2.01. The molecular formula is C14H17F2NO2. The van der Waals surface area contributed by atoms with Crippen molar-refractivity contribution >= 4 is 5.97 Å². The lowest BCUT2D eigenvalue weighted by molar-refractivity contribution is 0.0301. The molecule has 1 heterocycles. The van der Waals surface area contributed by atoms with Crippen LogP contribution in [0.15, 0.2) is 24.3 Å². The molecule has 1 aromatic carbocycles. The summed E-state index contributed by atoms with van der Waals surface area (Å²) in [5.41, 5.74) is 1.39. The third-order valence-electron chi connectivity index (χ3n) is 3.26. The highest BCUT2D eigenvalue weighted by Gasteiger charge is 2.27. The SMILES string of the molecule is Cc1ccccc1C(=O)O[C@H]1CCN(CC(F)F)C1. The molecule has 0 spiro atoms. The lowest BCUT2D eigenvalue weighted by Gasteiger charge is -2.16. The molecule has 0 aromatic heterocycles. The summed E-state index contributed by atoms with van der Waals surface area (Å²) in [6, 6.07) is 7.19. The highest BCUT2D eigenvalue weighted by Crippen LogP contribution is 2.17. The van der Waals surface area contributed by atoms with Gasteiger partial charge in [0.05, 0.1) is 12.1 Å². The van der Waals surface area contributed by atoms with Crippen LogP contribution in [0.2, 0.25) is 0 Å². The molecule has 0 aliphatic carbocycles. The quantitative estimate of drug-likeness (QED) is 0.786. The van der Waals surface area contributed by atoms with Crippen LogP contribution in [-0.4, -0.2) is 43.0 Å². The van der Waals surface area contributed by atoms with E-state index in [4.69, 9.17) is 4.74 Å². The monoisotopic (exact) mass is 269 g/mol. The van der Waals surface area contributed by atoms with Gasteiger partial charge in [0.2, 0.25) is 0 Å². The number of rotatable bonds is 4. The minimum absolute atomic E-state index is 0.252. The molecule has 0 saturated carbocycles. The number of ether oxygens (including phenoxy) is 1. The predicted octanol–water partition coefficient (Wildman–Crippen LogP) is 2.49. The van der Waals surface area contributed by atoms with Gasteiger partial charge < -0.3 is 4.74 Å². The smallest absolute Gasteiger partial charge is 0.338 e. The molecule has 1 aliphatic rings. The van der Waals surface area contributed by atoms with Gasteiger partial charge in [0, 0.05) is 13.1 Å². The van der Waals surface area contributed by atoms with Crippen molar-refractivity contribution in [2.75, 3.05) is 19.6 Å². The summed E-state index contributed by atoms with van der Waals surface area (Å²) in [5, 5.41) is 0. The molecule has 104 valence electrons. The van der Waals surface area contributed by atoms with Gasteiger partial charge >= 0.3 is 5.97 Å². The highest BCUT2D eigenvalue weighted by atomic mass is 19.3. The third kappa shape index (κ3) is 3.73. The second-order valence-electron chi connectivity index (χ2n) is 4.78. The van der Waals surface area contributed by atoms with Crippen LogP contribution >= 0.6 is 0 Å². The van der Waals surface area contributed by atoms with Crippen molar-refractivity contribution in [3.63, 3.8) is 0 Å². The first-order chi connectivity index (χ1) is 9.06. The first-order valence-electron chi connectivity index (χ1n) is 6.33. The Labute approximate surface area is 111 Å². The number of nitrogens with zero attached hydrogens (tertiary/aromatic N) is 1. The second kappa shape index (κ2) is 6.10. The number of carbonyl (C=O) groups is 1. The summed E-state index contributed by atoms with van der Waals surface area (Å²) in [7, 11) is 0. The van der Waals surface area contributed by atoms with E-state index in [-0.39, 0.29) is 18.6 Å². The van der Waals surface area contributed by atoms with Crippen molar-refractivity contribution in [2.24, 2.45) is 0 Å². The van der Waals surface area contributed by atoms with Crippen LogP contribution in [-0.2, 0) is 4.74 Å². The summed E-state index contributed by atoms with van der Waals surface area (Å²) < 4.78 is 29.9. The van der Waals surface area contributed by atoms with Crippen molar-refractivity contribution < 1.29 is 18.3 Å². The Kier molecular flexibility index (Phi) is 4.47. The summed E-state index contributed by atoms with van der Waals surface area (Å²) in [5.74, 6) is -0.373. The Morgan fingerprint density at radius 3 is 2.89 bits per heavy atom. The van der Waals surface area contributed by atoms with Crippen LogP contribution in [0.4, 0.5) is 8.78 Å². The maximum atomic E-state index is 12.2. The lowest BCUT2D eigenvalue weighted by Crippen LogP contribution is -2.29. The summed E-state index contributed by atoms with van der Waals surface area (Å²) in [6.45, 7) is 2.53. The fourth-order valence-corrected chi connectivity index (χ4v) is 2.27. The molecule has 0 bridgehead atoms. The average molecular weight is 269 g/mol. The van der Waals surface area contributed by atoms with Crippen LogP contribution in [0.5, 0.6) is 0 Å². The minimum Gasteiger partial charge on any atom is -0.457 e. The Morgan fingerprint density at radius 1 is 1.47 bits per heavy atom. The first-order valence-corrected chi connectivity index (χ1v) is 6.33. The van der Waals surface area contributed by atoms with Crippen LogP contribution in [0.3, 0.4) is 0 Å². The van der Waals surface area contributed by atoms with Crippen molar-refractivity contribution in [1.29, 1.82) is 0 Å². The number of likely N-dealkylation sites (tertiary alicyclic amines) is 1. The molecule has 5 heteroatoms. The number of halogens is 2. The van der Waals surface area contributed by atoms with Gasteiger partial charge in [-0.15, -0.1) is 0 Å². The number of alkyl halides is 2. The molecule has 0 unspecified atom stereocenters. The summed E-state index contributed by atoms with van der Waals surface area (Å²) >= 11 is 0. The van der Waals surface area contributed by atoms with Crippen LogP contribution in [0.1, 0.15) is 22.3 Å². The zero-order valence-electron chi connectivity index (χ0n) is 10.8. The van der Waals surface area contributed by atoms with Gasteiger partial charge in [-0.1, -0.05) is 18.2 Å². The van der Waals surface area contributed by atoms with E-state index in [1.54, 1.807) is 17.0 Å². The Bertz CT molecular complexity index is 451. The number of hydrogen-bond acceptors (Lipinski definition) is 3. The molecule has 0 N–H and O–H groups in total. The van der Waals surface area contributed by atoms with E-state index < -0.39 is 6.43 Å². The van der Waals surface area contributed by atoms with Crippen molar-refractivity contribution in [3.8, 4) is 0 Å². The van der Waals surface area contributed by atoms with Crippen LogP contribution < -0.4 is 0 Å². The van der Waals surface area contributed by atoms with E-state index in [1.165, 1.54) is 0 Å². The van der Waals surface area contributed by atoms with E-state index in [0.29, 0.717) is 25.1 Å². The summed E-state index contributed by atoms with van der Waals surface area (Å²) in [4.78, 5) is 13.6. The van der Waals surface area contributed by atoms with Gasteiger partial charge in [0.15, 0.2) is 0 Å². The maximum absolute atomic E-state index is 12.2. The topological polar surface area (TPSA) is 29.5 Å². The van der Waals surface area contributed by atoms with Gasteiger partial charge in [0.25, 0.3) is 6.43 Å². The first kappa shape index (κ1) is 13.9. The molecule has 1 atom stereocenters. The largest absolute Gasteiger partial charge is 0.457 e. The van der Waals surface area contributed by atoms with E-state index in [0.717, 1.165) is 5.56 Å². The Balaban J connectivity index is 1.89. The van der Waals surface area contributed by atoms with Crippen molar-refractivity contribution in [1.82, 2.24) is 4.90 Å². The van der Waals surface area contributed by atoms with Gasteiger partial charge in [-0.25, -0.2) is 13.6 Å². The van der Waals surface area contributed by atoms with E-state index in [2.05, 4.69) is 0 Å². The highest BCUT2D eigenvalue weighted by molar-refractivity contribution is 5.91. The number of benzene rings is 1. The molecular weight excluding hydrogens is 252 g/mol. The Morgan fingerprint density at radius 2 is 2.21 bits per heavy atom. The number of carbonyl (C=O) groups excluding carboxylic acids is 1. The van der Waals surface area contributed by atoms with Crippen molar-refractivity contribution in [3.05, 3.63) is 35.4 Å². The zero-order valence-corrected chi connectivity index (χ0v) is 10.8. The van der Waals surface area contributed by atoms with Crippen LogP contribution in [0.25, 0.3) is 0 Å². The molecule has 2 rings (SSSR count). The average Bonchev–Trinajstić information content (AvgIpc) is 2.76. The number of hydrogen-bond donors (Lipinski definition) is 0. The molecule has 1 aromatic rings. The van der Waals surface area contributed by atoms with Crippen LogP contribution in [0, 0.1) is 6.92 Å². The Hall–Kier alpha value is -1.49. The molecule has 0 amide bonds. The molecule has 1 saturated heterocycles. The predicted molar refractivity (Wildman–Crippen MR) is 67.4 cm³/mol. The molecule has 1 fully saturated rings. The van der Waals surface area contributed by atoms with E-state index >= 15 is 0 Å². The third-order valence-corrected chi connectivity index (χ3v) is 3.26.